The second-order valence-electron chi connectivity index (χ2n) is 5.02. The first-order valence-electron chi connectivity index (χ1n) is 5.74. The molecule has 1 aliphatic carbocycles. The summed E-state index contributed by atoms with van der Waals surface area (Å²) in [6, 6.07) is 4.07. The van der Waals surface area contributed by atoms with Crippen molar-refractivity contribution in [3.8, 4) is 0 Å². The van der Waals surface area contributed by atoms with Gasteiger partial charge < -0.3 is 5.73 Å². The quantitative estimate of drug-likeness (QED) is 0.832. The van der Waals surface area contributed by atoms with Crippen molar-refractivity contribution in [2.24, 2.45) is 5.73 Å². The van der Waals surface area contributed by atoms with Crippen molar-refractivity contribution in [3.63, 3.8) is 0 Å². The fourth-order valence-electron chi connectivity index (χ4n) is 2.02. The van der Waals surface area contributed by atoms with Gasteiger partial charge in [-0.05, 0) is 24.5 Å². The van der Waals surface area contributed by atoms with Crippen LogP contribution in [-0.4, -0.2) is 14.6 Å². The third-order valence-electron chi connectivity index (χ3n) is 3.31. The Balaban J connectivity index is 2.18. The molecule has 16 heavy (non-hydrogen) atoms. The van der Waals surface area contributed by atoms with Gasteiger partial charge >= 0.3 is 0 Å². The molecule has 0 saturated heterocycles. The Morgan fingerprint density at radius 1 is 1.31 bits per heavy atom. The molecule has 2 N–H and O–H groups in total. The molecule has 1 fully saturated rings. The molecule has 4 heteroatoms. The van der Waals surface area contributed by atoms with Crippen LogP contribution < -0.4 is 5.73 Å². The Hall–Kier alpha value is -1.42. The third-order valence-corrected chi connectivity index (χ3v) is 3.31. The summed E-state index contributed by atoms with van der Waals surface area (Å²) in [5.74, 6) is 1.37. The highest BCUT2D eigenvalue weighted by Gasteiger charge is 2.40. The SMILES string of the molecule is CC(C)c1nnc2ccc(C3(N)CC3)cn12. The largest absolute Gasteiger partial charge is 0.321 e. The number of aromatic nitrogens is 3. The van der Waals surface area contributed by atoms with E-state index in [0.29, 0.717) is 5.92 Å². The monoisotopic (exact) mass is 216 g/mol. The van der Waals surface area contributed by atoms with E-state index in [1.165, 1.54) is 5.56 Å². The zero-order valence-corrected chi connectivity index (χ0v) is 9.64. The summed E-state index contributed by atoms with van der Waals surface area (Å²) in [5.41, 5.74) is 8.20. The molecule has 4 nitrogen and oxygen atoms in total. The molecule has 0 bridgehead atoms. The molecule has 1 saturated carbocycles. The Kier molecular flexibility index (Phi) is 1.86. The number of nitrogens with two attached hydrogens (primary N) is 1. The van der Waals surface area contributed by atoms with Crippen molar-refractivity contribution < 1.29 is 0 Å². The summed E-state index contributed by atoms with van der Waals surface area (Å²) in [4.78, 5) is 0. The average molecular weight is 216 g/mol. The lowest BCUT2D eigenvalue weighted by molar-refractivity contribution is 0.719. The highest BCUT2D eigenvalue weighted by Crippen LogP contribution is 2.42. The van der Waals surface area contributed by atoms with Crippen LogP contribution in [0.25, 0.3) is 5.65 Å². The molecule has 84 valence electrons. The highest BCUT2D eigenvalue weighted by atomic mass is 15.2. The second-order valence-corrected chi connectivity index (χ2v) is 5.02. The van der Waals surface area contributed by atoms with Crippen molar-refractivity contribution in [2.75, 3.05) is 0 Å². The Morgan fingerprint density at radius 2 is 2.06 bits per heavy atom. The predicted molar refractivity (Wildman–Crippen MR) is 62.2 cm³/mol. The molecule has 2 aromatic heterocycles. The minimum absolute atomic E-state index is 0.0906. The van der Waals surface area contributed by atoms with E-state index >= 15 is 0 Å². The average Bonchev–Trinajstić information content (AvgIpc) is 2.87. The molecule has 0 radical (unpaired) electrons. The maximum atomic E-state index is 6.20. The molecule has 0 spiro atoms. The van der Waals surface area contributed by atoms with Crippen LogP contribution in [0.15, 0.2) is 18.3 Å². The van der Waals surface area contributed by atoms with E-state index in [1.807, 2.05) is 6.07 Å². The van der Waals surface area contributed by atoms with Gasteiger partial charge in [-0.3, -0.25) is 4.40 Å². The van der Waals surface area contributed by atoms with Crippen LogP contribution in [0.5, 0.6) is 0 Å². The molecule has 0 aliphatic heterocycles. The van der Waals surface area contributed by atoms with Gasteiger partial charge in [-0.2, -0.15) is 0 Å². The van der Waals surface area contributed by atoms with E-state index < -0.39 is 0 Å². The molecule has 2 heterocycles. The van der Waals surface area contributed by atoms with Gasteiger partial charge in [0.2, 0.25) is 0 Å². The van der Waals surface area contributed by atoms with Gasteiger partial charge in [0.1, 0.15) is 5.82 Å². The van der Waals surface area contributed by atoms with Crippen LogP contribution in [0.3, 0.4) is 0 Å². The summed E-state index contributed by atoms with van der Waals surface area (Å²) in [6.45, 7) is 4.25. The fourth-order valence-corrected chi connectivity index (χ4v) is 2.02. The van der Waals surface area contributed by atoms with Gasteiger partial charge in [0, 0.05) is 17.7 Å². The van der Waals surface area contributed by atoms with E-state index in [4.69, 9.17) is 5.73 Å². The molecule has 0 atom stereocenters. The lowest BCUT2D eigenvalue weighted by atomic mass is 10.1. The minimum atomic E-state index is -0.0906. The van der Waals surface area contributed by atoms with Crippen LogP contribution in [-0.2, 0) is 5.54 Å². The van der Waals surface area contributed by atoms with Gasteiger partial charge in [0.05, 0.1) is 0 Å². The van der Waals surface area contributed by atoms with Crippen molar-refractivity contribution in [2.45, 2.75) is 38.1 Å². The number of rotatable bonds is 2. The van der Waals surface area contributed by atoms with Crippen LogP contribution in [0.1, 0.15) is 44.0 Å². The predicted octanol–water partition coefficient (Wildman–Crippen LogP) is 1.80. The van der Waals surface area contributed by atoms with Crippen molar-refractivity contribution in [3.05, 3.63) is 29.7 Å². The molecule has 0 aromatic carbocycles. The smallest absolute Gasteiger partial charge is 0.160 e. The second kappa shape index (κ2) is 3.04. The van der Waals surface area contributed by atoms with Crippen molar-refractivity contribution in [1.29, 1.82) is 0 Å². The Bertz CT molecular complexity index is 537. The first-order valence-corrected chi connectivity index (χ1v) is 5.74. The zero-order valence-electron chi connectivity index (χ0n) is 9.64. The number of fused-ring (bicyclic) bond motifs is 1. The lowest BCUT2D eigenvalue weighted by Gasteiger charge is -2.10. The third kappa shape index (κ3) is 1.33. The minimum Gasteiger partial charge on any atom is -0.321 e. The first-order chi connectivity index (χ1) is 7.60. The molecule has 0 amide bonds. The van der Waals surface area contributed by atoms with Crippen molar-refractivity contribution in [1.82, 2.24) is 14.6 Å². The van der Waals surface area contributed by atoms with E-state index in [2.05, 4.69) is 40.7 Å². The molecule has 3 rings (SSSR count). The van der Waals surface area contributed by atoms with E-state index in [-0.39, 0.29) is 5.54 Å². The summed E-state index contributed by atoms with van der Waals surface area (Å²) >= 11 is 0. The molecular weight excluding hydrogens is 200 g/mol. The maximum absolute atomic E-state index is 6.20. The standard InChI is InChI=1S/C12H16N4/c1-8(2)11-15-14-10-4-3-9(7-16(10)11)12(13)5-6-12/h3-4,7-8H,5-6,13H2,1-2H3. The van der Waals surface area contributed by atoms with Gasteiger partial charge in [-0.15, -0.1) is 10.2 Å². The summed E-state index contributed by atoms with van der Waals surface area (Å²) in [6.07, 6.45) is 4.26. The van der Waals surface area contributed by atoms with Gasteiger partial charge in [-0.25, -0.2) is 0 Å². The van der Waals surface area contributed by atoms with E-state index in [9.17, 15) is 0 Å². The summed E-state index contributed by atoms with van der Waals surface area (Å²) in [7, 11) is 0. The number of hydrogen-bond donors (Lipinski definition) is 1. The molecule has 2 aromatic rings. The van der Waals surface area contributed by atoms with Crippen molar-refractivity contribution >= 4 is 5.65 Å². The number of hydrogen-bond acceptors (Lipinski definition) is 3. The molecule has 1 aliphatic rings. The van der Waals surface area contributed by atoms with E-state index in [1.54, 1.807) is 0 Å². The zero-order chi connectivity index (χ0) is 11.3. The lowest BCUT2D eigenvalue weighted by Crippen LogP contribution is -2.19. The van der Waals surface area contributed by atoms with Gasteiger partial charge in [0.25, 0.3) is 0 Å². The first kappa shape index (κ1) is 9.78. The van der Waals surface area contributed by atoms with E-state index in [0.717, 1.165) is 24.3 Å². The topological polar surface area (TPSA) is 56.2 Å². The summed E-state index contributed by atoms with van der Waals surface area (Å²) in [5, 5.41) is 8.37. The number of nitrogens with zero attached hydrogens (tertiary/aromatic N) is 3. The normalized spacial score (nSPS) is 18.2. The van der Waals surface area contributed by atoms with Crippen LogP contribution in [0.2, 0.25) is 0 Å². The highest BCUT2D eigenvalue weighted by molar-refractivity contribution is 5.42. The Labute approximate surface area is 94.5 Å². The Morgan fingerprint density at radius 3 is 2.69 bits per heavy atom. The number of pyridine rings is 1. The summed E-state index contributed by atoms with van der Waals surface area (Å²) < 4.78 is 2.06. The molecular formula is C12H16N4. The molecule has 0 unspecified atom stereocenters. The van der Waals surface area contributed by atoms with Gasteiger partial charge in [-0.1, -0.05) is 19.9 Å². The van der Waals surface area contributed by atoms with Crippen LogP contribution in [0.4, 0.5) is 0 Å². The van der Waals surface area contributed by atoms with Crippen LogP contribution >= 0.6 is 0 Å². The van der Waals surface area contributed by atoms with Crippen LogP contribution in [0, 0.1) is 0 Å². The van der Waals surface area contributed by atoms with Gasteiger partial charge in [0.15, 0.2) is 5.65 Å². The maximum Gasteiger partial charge on any atom is 0.160 e. The fraction of sp³-hybridized carbons (Fsp3) is 0.500.